The lowest BCUT2D eigenvalue weighted by Gasteiger charge is -2.32. The van der Waals surface area contributed by atoms with E-state index >= 15 is 0 Å². The molecule has 1 atom stereocenters. The molecule has 0 aliphatic carbocycles. The van der Waals surface area contributed by atoms with Crippen LogP contribution in [-0.2, 0) is 33.7 Å². The van der Waals surface area contributed by atoms with Gasteiger partial charge in [0.2, 0.25) is 11.8 Å². The van der Waals surface area contributed by atoms with Crippen molar-refractivity contribution in [2.45, 2.75) is 51.8 Å². The summed E-state index contributed by atoms with van der Waals surface area (Å²) in [6.45, 7) is 5.32. The molecule has 7 heteroatoms. The van der Waals surface area contributed by atoms with Crippen molar-refractivity contribution in [1.82, 2.24) is 10.2 Å². The molecule has 0 saturated heterocycles. The minimum absolute atomic E-state index is 0.119. The van der Waals surface area contributed by atoms with Crippen molar-refractivity contribution in [3.8, 4) is 11.5 Å². The Morgan fingerprint density at radius 3 is 2.08 bits per heavy atom. The summed E-state index contributed by atoms with van der Waals surface area (Å²) in [6.07, 6.45) is 1.36. The first kappa shape index (κ1) is 29.7. The summed E-state index contributed by atoms with van der Waals surface area (Å²) in [6, 6.07) is 24.3. The Kier molecular flexibility index (Phi) is 11.8. The average Bonchev–Trinajstić information content (AvgIpc) is 2.95. The molecule has 208 valence electrons. The Labute approximate surface area is 232 Å². The minimum atomic E-state index is -0.689. The standard InChI is InChI=1S/C32H40N2O5/c1-24(2)39-19-11-18-33-32(36)28(20-25-12-7-5-8-13-25)34(23-26-14-9-6-10-15-26)31(35)22-27-16-17-29(37-3)30(21-27)38-4/h5-10,12-17,21,24,28H,11,18-20,22-23H2,1-4H3,(H,33,36)/t28-/m1/s1. The summed E-state index contributed by atoms with van der Waals surface area (Å²) in [7, 11) is 3.14. The Balaban J connectivity index is 1.88. The zero-order valence-corrected chi connectivity index (χ0v) is 23.4. The van der Waals surface area contributed by atoms with Gasteiger partial charge in [-0.15, -0.1) is 0 Å². The summed E-state index contributed by atoms with van der Waals surface area (Å²) in [5, 5.41) is 3.05. The molecule has 0 spiro atoms. The lowest BCUT2D eigenvalue weighted by atomic mass is 10.0. The van der Waals surface area contributed by atoms with E-state index in [1.165, 1.54) is 0 Å². The highest BCUT2D eigenvalue weighted by Gasteiger charge is 2.30. The highest BCUT2D eigenvalue weighted by Crippen LogP contribution is 2.28. The Morgan fingerprint density at radius 1 is 0.821 bits per heavy atom. The summed E-state index contributed by atoms with van der Waals surface area (Å²) < 4.78 is 16.4. The van der Waals surface area contributed by atoms with Gasteiger partial charge in [-0.05, 0) is 49.1 Å². The van der Waals surface area contributed by atoms with Gasteiger partial charge in [0.15, 0.2) is 11.5 Å². The number of hydrogen-bond donors (Lipinski definition) is 1. The fraction of sp³-hybridized carbons (Fsp3) is 0.375. The van der Waals surface area contributed by atoms with E-state index in [0.29, 0.717) is 44.0 Å². The van der Waals surface area contributed by atoms with E-state index in [2.05, 4.69) is 5.32 Å². The van der Waals surface area contributed by atoms with Gasteiger partial charge in [0.1, 0.15) is 6.04 Å². The third-order valence-electron chi connectivity index (χ3n) is 6.34. The Bertz CT molecular complexity index is 1170. The van der Waals surface area contributed by atoms with Crippen molar-refractivity contribution in [1.29, 1.82) is 0 Å². The largest absolute Gasteiger partial charge is 0.493 e. The fourth-order valence-corrected chi connectivity index (χ4v) is 4.32. The van der Waals surface area contributed by atoms with Gasteiger partial charge in [-0.1, -0.05) is 66.7 Å². The molecular weight excluding hydrogens is 492 g/mol. The van der Waals surface area contributed by atoms with E-state index < -0.39 is 6.04 Å². The Morgan fingerprint density at radius 2 is 1.46 bits per heavy atom. The quantitative estimate of drug-likeness (QED) is 0.284. The molecule has 2 amide bonds. The van der Waals surface area contributed by atoms with Crippen molar-refractivity contribution in [2.75, 3.05) is 27.4 Å². The molecule has 0 aliphatic heterocycles. The normalized spacial score (nSPS) is 11.6. The molecule has 1 N–H and O–H groups in total. The number of carbonyl (C=O) groups is 2. The molecule has 39 heavy (non-hydrogen) atoms. The van der Waals surface area contributed by atoms with Gasteiger partial charge in [-0.2, -0.15) is 0 Å². The van der Waals surface area contributed by atoms with Crippen LogP contribution in [0.15, 0.2) is 78.9 Å². The van der Waals surface area contributed by atoms with Crippen LogP contribution in [0, 0.1) is 0 Å². The van der Waals surface area contributed by atoms with Crippen LogP contribution in [0.3, 0.4) is 0 Å². The molecule has 0 fully saturated rings. The monoisotopic (exact) mass is 532 g/mol. The van der Waals surface area contributed by atoms with Crippen molar-refractivity contribution in [3.05, 3.63) is 95.6 Å². The van der Waals surface area contributed by atoms with Crippen molar-refractivity contribution < 1.29 is 23.8 Å². The van der Waals surface area contributed by atoms with Crippen LogP contribution in [0.25, 0.3) is 0 Å². The number of hydrogen-bond acceptors (Lipinski definition) is 5. The van der Waals surface area contributed by atoms with Crippen LogP contribution in [0.2, 0.25) is 0 Å². The van der Waals surface area contributed by atoms with Crippen molar-refractivity contribution in [2.24, 2.45) is 0 Å². The molecule has 0 radical (unpaired) electrons. The third-order valence-corrected chi connectivity index (χ3v) is 6.34. The second-order valence-electron chi connectivity index (χ2n) is 9.64. The average molecular weight is 533 g/mol. The molecular formula is C32H40N2O5. The van der Waals surface area contributed by atoms with Gasteiger partial charge in [0, 0.05) is 26.1 Å². The van der Waals surface area contributed by atoms with Crippen LogP contribution in [0.4, 0.5) is 0 Å². The second kappa shape index (κ2) is 15.5. The number of ether oxygens (including phenoxy) is 3. The van der Waals surface area contributed by atoms with Crippen LogP contribution in [-0.4, -0.2) is 56.2 Å². The van der Waals surface area contributed by atoms with E-state index in [1.807, 2.05) is 80.6 Å². The number of methoxy groups -OCH3 is 2. The van der Waals surface area contributed by atoms with Crippen LogP contribution < -0.4 is 14.8 Å². The van der Waals surface area contributed by atoms with Gasteiger partial charge in [-0.25, -0.2) is 0 Å². The maximum absolute atomic E-state index is 13.9. The lowest BCUT2D eigenvalue weighted by molar-refractivity contribution is -0.140. The molecule has 3 rings (SSSR count). The van der Waals surface area contributed by atoms with Crippen LogP contribution >= 0.6 is 0 Å². The zero-order valence-electron chi connectivity index (χ0n) is 23.4. The molecule has 7 nitrogen and oxygen atoms in total. The fourth-order valence-electron chi connectivity index (χ4n) is 4.32. The summed E-state index contributed by atoms with van der Waals surface area (Å²) in [4.78, 5) is 29.2. The van der Waals surface area contributed by atoms with Gasteiger partial charge in [0.25, 0.3) is 0 Å². The number of carbonyl (C=O) groups excluding carboxylic acids is 2. The summed E-state index contributed by atoms with van der Waals surface area (Å²) in [5.74, 6) is 0.822. The molecule has 0 aliphatic rings. The molecule has 0 bridgehead atoms. The predicted molar refractivity (Wildman–Crippen MR) is 153 cm³/mol. The lowest BCUT2D eigenvalue weighted by Crippen LogP contribution is -2.51. The maximum atomic E-state index is 13.9. The predicted octanol–water partition coefficient (Wildman–Crippen LogP) is 4.82. The van der Waals surface area contributed by atoms with Crippen molar-refractivity contribution >= 4 is 11.8 Å². The smallest absolute Gasteiger partial charge is 0.243 e. The first-order valence-electron chi connectivity index (χ1n) is 13.4. The van der Waals surface area contributed by atoms with Gasteiger partial charge < -0.3 is 24.4 Å². The van der Waals surface area contributed by atoms with Crippen LogP contribution in [0.1, 0.15) is 37.0 Å². The number of nitrogens with zero attached hydrogens (tertiary/aromatic N) is 1. The van der Waals surface area contributed by atoms with Gasteiger partial charge >= 0.3 is 0 Å². The minimum Gasteiger partial charge on any atom is -0.493 e. The summed E-state index contributed by atoms with van der Waals surface area (Å²) in [5.41, 5.74) is 2.72. The Hall–Kier alpha value is -3.84. The third kappa shape index (κ3) is 9.45. The number of nitrogens with one attached hydrogen (secondary N) is 1. The van der Waals surface area contributed by atoms with E-state index in [4.69, 9.17) is 14.2 Å². The van der Waals surface area contributed by atoms with Gasteiger partial charge in [-0.3, -0.25) is 9.59 Å². The SMILES string of the molecule is COc1ccc(CC(=O)N(Cc2ccccc2)[C@H](Cc2ccccc2)C(=O)NCCCOC(C)C)cc1OC. The van der Waals surface area contributed by atoms with E-state index in [9.17, 15) is 9.59 Å². The first-order chi connectivity index (χ1) is 18.9. The molecule has 0 heterocycles. The van der Waals surface area contributed by atoms with E-state index in [-0.39, 0.29) is 24.3 Å². The topological polar surface area (TPSA) is 77.1 Å². The highest BCUT2D eigenvalue weighted by molar-refractivity contribution is 5.88. The number of amides is 2. The summed E-state index contributed by atoms with van der Waals surface area (Å²) >= 11 is 0. The molecule has 0 aromatic heterocycles. The van der Waals surface area contributed by atoms with Gasteiger partial charge in [0.05, 0.1) is 26.7 Å². The number of benzene rings is 3. The van der Waals surface area contributed by atoms with E-state index in [1.54, 1.807) is 31.3 Å². The van der Waals surface area contributed by atoms with Crippen LogP contribution in [0.5, 0.6) is 11.5 Å². The first-order valence-corrected chi connectivity index (χ1v) is 13.4. The van der Waals surface area contributed by atoms with Crippen molar-refractivity contribution in [3.63, 3.8) is 0 Å². The zero-order chi connectivity index (χ0) is 28.0. The maximum Gasteiger partial charge on any atom is 0.243 e. The van der Waals surface area contributed by atoms with E-state index in [0.717, 1.165) is 16.7 Å². The number of rotatable bonds is 15. The molecule has 3 aromatic carbocycles. The highest BCUT2D eigenvalue weighted by atomic mass is 16.5. The molecule has 0 saturated carbocycles. The molecule has 0 unspecified atom stereocenters. The second-order valence-corrected chi connectivity index (χ2v) is 9.64. The molecule has 3 aromatic rings.